The fraction of sp³-hybridized carbons (Fsp3) is 0.526. The largest absolute Gasteiger partial charge is 0.462 e. The van der Waals surface area contributed by atoms with Gasteiger partial charge in [-0.15, -0.1) is 0 Å². The van der Waals surface area contributed by atoms with Crippen molar-refractivity contribution in [3.05, 3.63) is 155 Å². The summed E-state index contributed by atoms with van der Waals surface area (Å²) in [5.41, 5.74) is 6.02. The summed E-state index contributed by atoms with van der Waals surface area (Å²) in [5.74, 6) is 1.98. The molecule has 0 bridgehead atoms. The molecular formula is C57H70O6. The monoisotopic (exact) mass is 851 g/mol. The third-order valence-corrected chi connectivity index (χ3v) is 16.7. The van der Waals surface area contributed by atoms with Crippen LogP contribution in [0.4, 0.5) is 0 Å². The Balaban J connectivity index is 1.11. The van der Waals surface area contributed by atoms with Gasteiger partial charge in [0.2, 0.25) is 0 Å². The zero-order valence-electron chi connectivity index (χ0n) is 38.3. The molecule has 4 aliphatic carbocycles. The summed E-state index contributed by atoms with van der Waals surface area (Å²) >= 11 is 0. The maximum absolute atomic E-state index is 13.1. The zero-order chi connectivity index (χ0) is 43.6. The number of fused-ring (bicyclic) bond motifs is 5. The lowest BCUT2D eigenvalue weighted by Gasteiger charge is -2.66. The van der Waals surface area contributed by atoms with Crippen molar-refractivity contribution in [2.45, 2.75) is 137 Å². The topological polar surface area (TPSA) is 63.2 Å². The highest BCUT2D eigenvalue weighted by Crippen LogP contribution is 2.68. The summed E-state index contributed by atoms with van der Waals surface area (Å²) in [6, 6.07) is 42.5. The van der Waals surface area contributed by atoms with E-state index in [-0.39, 0.29) is 65.1 Å². The van der Waals surface area contributed by atoms with Gasteiger partial charge in [-0.25, -0.2) is 0 Å². The SMILES string of the molecule is CC(C)C1CC(=O)OC(C(C)C2=CCC3C4C(OCc5ccccc5)C(OCc5ccccc5)C5C(OCc6ccccc6)C(OCc6ccccc6)CCC5(C)C4CCC23C)C1. The van der Waals surface area contributed by atoms with Crippen molar-refractivity contribution in [2.24, 2.45) is 52.3 Å². The van der Waals surface area contributed by atoms with E-state index in [0.717, 1.165) is 49.7 Å². The maximum Gasteiger partial charge on any atom is 0.306 e. The molecule has 334 valence electrons. The van der Waals surface area contributed by atoms with E-state index in [4.69, 9.17) is 23.7 Å². The van der Waals surface area contributed by atoms with Crippen LogP contribution in [0.15, 0.2) is 133 Å². The molecule has 1 aliphatic heterocycles. The van der Waals surface area contributed by atoms with Gasteiger partial charge < -0.3 is 23.7 Å². The van der Waals surface area contributed by atoms with Crippen molar-refractivity contribution in [1.29, 1.82) is 0 Å². The molecule has 13 atom stereocenters. The second kappa shape index (κ2) is 19.2. The Kier molecular flexibility index (Phi) is 13.4. The summed E-state index contributed by atoms with van der Waals surface area (Å²) in [6.07, 6.45) is 8.36. The molecule has 0 N–H and O–H groups in total. The average Bonchev–Trinajstić information content (AvgIpc) is 3.67. The Labute approximate surface area is 377 Å². The average molecular weight is 851 g/mol. The Hall–Kier alpha value is -4.07. The fourth-order valence-corrected chi connectivity index (χ4v) is 13.3. The highest BCUT2D eigenvalue weighted by Gasteiger charge is 2.67. The summed E-state index contributed by atoms with van der Waals surface area (Å²) in [5, 5.41) is 0. The Morgan fingerprint density at radius 2 is 1.13 bits per heavy atom. The van der Waals surface area contributed by atoms with Gasteiger partial charge in [0.1, 0.15) is 6.10 Å². The number of carbonyl (C=O) groups excluding carboxylic acids is 1. The number of hydrogen-bond acceptors (Lipinski definition) is 6. The summed E-state index contributed by atoms with van der Waals surface area (Å²) in [7, 11) is 0. The van der Waals surface area contributed by atoms with Crippen LogP contribution in [0, 0.1) is 52.3 Å². The van der Waals surface area contributed by atoms with Crippen molar-refractivity contribution in [3.63, 3.8) is 0 Å². The number of benzene rings is 4. The van der Waals surface area contributed by atoms with Gasteiger partial charge >= 0.3 is 5.97 Å². The van der Waals surface area contributed by atoms with Crippen LogP contribution in [0.3, 0.4) is 0 Å². The predicted molar refractivity (Wildman–Crippen MR) is 248 cm³/mol. The second-order valence-corrected chi connectivity index (χ2v) is 20.6. The van der Waals surface area contributed by atoms with Crippen molar-refractivity contribution >= 4 is 5.97 Å². The number of esters is 1. The molecule has 4 aromatic carbocycles. The van der Waals surface area contributed by atoms with E-state index in [0.29, 0.717) is 56.5 Å². The van der Waals surface area contributed by atoms with Crippen LogP contribution in [0.5, 0.6) is 0 Å². The molecule has 0 aromatic heterocycles. The van der Waals surface area contributed by atoms with Gasteiger partial charge in [-0.1, -0.05) is 168 Å². The van der Waals surface area contributed by atoms with Crippen molar-refractivity contribution in [2.75, 3.05) is 0 Å². The number of cyclic esters (lactones) is 1. The first kappa shape index (κ1) is 44.1. The molecule has 1 saturated heterocycles. The van der Waals surface area contributed by atoms with Crippen LogP contribution >= 0.6 is 0 Å². The molecule has 1 heterocycles. The number of ether oxygens (including phenoxy) is 5. The molecule has 13 unspecified atom stereocenters. The second-order valence-electron chi connectivity index (χ2n) is 20.6. The minimum atomic E-state index is -0.251. The molecule has 3 saturated carbocycles. The third-order valence-electron chi connectivity index (χ3n) is 16.7. The zero-order valence-corrected chi connectivity index (χ0v) is 38.3. The minimum absolute atomic E-state index is 0.0215. The Morgan fingerprint density at radius 3 is 1.67 bits per heavy atom. The lowest BCUT2D eigenvalue weighted by Crippen LogP contribution is -2.69. The van der Waals surface area contributed by atoms with Gasteiger partial charge in [0.05, 0.1) is 50.8 Å². The first-order valence-corrected chi connectivity index (χ1v) is 24.1. The van der Waals surface area contributed by atoms with Crippen LogP contribution in [-0.4, -0.2) is 36.5 Å². The molecule has 0 radical (unpaired) electrons. The smallest absolute Gasteiger partial charge is 0.306 e. The maximum atomic E-state index is 13.1. The van der Waals surface area contributed by atoms with Crippen LogP contribution in [-0.2, 0) is 54.9 Å². The van der Waals surface area contributed by atoms with E-state index in [1.807, 2.05) is 0 Å². The molecule has 4 fully saturated rings. The van der Waals surface area contributed by atoms with E-state index in [9.17, 15) is 4.79 Å². The van der Waals surface area contributed by atoms with E-state index in [2.05, 4.69) is 162 Å². The predicted octanol–water partition coefficient (Wildman–Crippen LogP) is 12.4. The standard InChI is InChI=1S/C57H70O6/c1-38(2)44-32-49(63-50(58)33-44)39(3)45-26-27-46-51-47(28-30-56(45,46)4)57(5)31-29-48(59-34-40-18-10-6-11-19-40)53(60-35-41-20-12-7-13-21-41)52(57)55(62-37-43-24-16-9-17-25-43)54(51)61-36-42-22-14-8-15-23-42/h6-26,38-39,44,46-49,51-55H,27-37H2,1-5H3. The molecule has 63 heavy (non-hydrogen) atoms. The molecule has 4 aromatic rings. The molecule has 6 nitrogen and oxygen atoms in total. The summed E-state index contributed by atoms with van der Waals surface area (Å²) < 4.78 is 35.6. The summed E-state index contributed by atoms with van der Waals surface area (Å²) in [4.78, 5) is 13.1. The van der Waals surface area contributed by atoms with Crippen molar-refractivity contribution in [3.8, 4) is 0 Å². The number of allylic oxidation sites excluding steroid dienone is 1. The fourth-order valence-electron chi connectivity index (χ4n) is 13.3. The van der Waals surface area contributed by atoms with Crippen LogP contribution in [0.25, 0.3) is 0 Å². The van der Waals surface area contributed by atoms with Crippen molar-refractivity contribution in [1.82, 2.24) is 0 Å². The molecule has 6 heteroatoms. The lowest BCUT2D eigenvalue weighted by molar-refractivity contribution is -0.284. The van der Waals surface area contributed by atoms with Gasteiger partial charge in [-0.05, 0) is 101 Å². The first-order valence-electron chi connectivity index (χ1n) is 24.1. The van der Waals surface area contributed by atoms with Crippen molar-refractivity contribution < 1.29 is 28.5 Å². The van der Waals surface area contributed by atoms with Gasteiger partial charge in [-0.2, -0.15) is 0 Å². The molecular weight excluding hydrogens is 781 g/mol. The van der Waals surface area contributed by atoms with Gasteiger partial charge in [0.15, 0.2) is 0 Å². The molecule has 0 amide bonds. The highest BCUT2D eigenvalue weighted by molar-refractivity contribution is 5.70. The Morgan fingerprint density at radius 1 is 0.619 bits per heavy atom. The quantitative estimate of drug-likeness (QED) is 0.0877. The van der Waals surface area contributed by atoms with E-state index >= 15 is 0 Å². The number of carbonyl (C=O) groups is 1. The van der Waals surface area contributed by atoms with Crippen LogP contribution < -0.4 is 0 Å². The number of rotatable bonds is 15. The third kappa shape index (κ3) is 9.12. The highest BCUT2D eigenvalue weighted by atomic mass is 16.6. The normalized spacial score (nSPS) is 34.3. The van der Waals surface area contributed by atoms with Crippen LogP contribution in [0.1, 0.15) is 102 Å². The van der Waals surface area contributed by atoms with E-state index in [1.165, 1.54) is 16.7 Å². The number of hydrogen-bond donors (Lipinski definition) is 0. The van der Waals surface area contributed by atoms with Gasteiger partial charge in [-0.3, -0.25) is 4.79 Å². The van der Waals surface area contributed by atoms with Gasteiger partial charge in [0.25, 0.3) is 0 Å². The first-order chi connectivity index (χ1) is 30.6. The Bertz CT molecular complexity index is 2120. The van der Waals surface area contributed by atoms with Gasteiger partial charge in [0, 0.05) is 18.3 Å². The minimum Gasteiger partial charge on any atom is -0.462 e. The summed E-state index contributed by atoms with van der Waals surface area (Å²) in [6.45, 7) is 14.0. The molecule has 0 spiro atoms. The molecule has 5 aliphatic rings. The van der Waals surface area contributed by atoms with Crippen LogP contribution in [0.2, 0.25) is 0 Å². The lowest BCUT2D eigenvalue weighted by atomic mass is 9.42. The van der Waals surface area contributed by atoms with E-state index < -0.39 is 0 Å². The molecule has 9 rings (SSSR count). The van der Waals surface area contributed by atoms with E-state index in [1.54, 1.807) is 0 Å².